The zero-order valence-corrected chi connectivity index (χ0v) is 11.0. The van der Waals surface area contributed by atoms with E-state index in [1.165, 1.54) is 16.3 Å². The number of rotatable bonds is 6. The maximum atomic E-state index is 5.49. The number of benzene rings is 1. The molecule has 0 saturated heterocycles. The van der Waals surface area contributed by atoms with Gasteiger partial charge in [0.2, 0.25) is 0 Å². The van der Waals surface area contributed by atoms with Crippen LogP contribution in [0.4, 0.5) is 0 Å². The van der Waals surface area contributed by atoms with E-state index in [1.807, 2.05) is 18.5 Å². The maximum absolute atomic E-state index is 5.49. The largest absolute Gasteiger partial charge is 0.377 e. The Bertz CT molecular complexity index is 491. The first-order chi connectivity index (χ1) is 8.77. The summed E-state index contributed by atoms with van der Waals surface area (Å²) in [6, 6.07) is 8.33. The maximum Gasteiger partial charge on any atom is 0.0594 e. The standard InChI is InChI=1S/C15H20N2O/c1-12(2)18-8-7-16-10-14-11-17-9-13-5-3-4-6-15(13)14/h3-6,9,11-12,16H,7-8,10H2,1-2H3. The van der Waals surface area contributed by atoms with Gasteiger partial charge >= 0.3 is 0 Å². The number of fused-ring (bicyclic) bond motifs is 1. The van der Waals surface area contributed by atoms with Crippen molar-refractivity contribution in [1.82, 2.24) is 10.3 Å². The van der Waals surface area contributed by atoms with E-state index in [1.54, 1.807) is 0 Å². The lowest BCUT2D eigenvalue weighted by Crippen LogP contribution is -2.21. The second-order valence-corrected chi connectivity index (χ2v) is 4.62. The molecule has 2 rings (SSSR count). The first-order valence-corrected chi connectivity index (χ1v) is 6.41. The van der Waals surface area contributed by atoms with Crippen LogP contribution in [0.2, 0.25) is 0 Å². The Morgan fingerprint density at radius 1 is 1.22 bits per heavy atom. The van der Waals surface area contributed by atoms with E-state index in [-0.39, 0.29) is 0 Å². The Kier molecular flexibility index (Phi) is 4.67. The first-order valence-electron chi connectivity index (χ1n) is 6.41. The molecule has 1 aromatic heterocycles. The van der Waals surface area contributed by atoms with Gasteiger partial charge in [0.25, 0.3) is 0 Å². The SMILES string of the molecule is CC(C)OCCNCc1cncc2ccccc12. The molecule has 0 aliphatic carbocycles. The molecule has 18 heavy (non-hydrogen) atoms. The molecule has 0 spiro atoms. The molecule has 0 aliphatic rings. The van der Waals surface area contributed by atoms with Crippen LogP contribution in [0.5, 0.6) is 0 Å². The predicted molar refractivity (Wildman–Crippen MR) is 74.5 cm³/mol. The van der Waals surface area contributed by atoms with Crippen molar-refractivity contribution in [2.75, 3.05) is 13.2 Å². The molecular formula is C15H20N2O. The zero-order chi connectivity index (χ0) is 12.8. The van der Waals surface area contributed by atoms with Gasteiger partial charge in [-0.3, -0.25) is 4.98 Å². The third-order valence-electron chi connectivity index (χ3n) is 2.80. The molecule has 3 nitrogen and oxygen atoms in total. The van der Waals surface area contributed by atoms with Gasteiger partial charge < -0.3 is 10.1 Å². The Hall–Kier alpha value is -1.45. The number of pyridine rings is 1. The molecule has 0 aliphatic heterocycles. The van der Waals surface area contributed by atoms with Crippen molar-refractivity contribution in [2.45, 2.75) is 26.5 Å². The normalized spacial score (nSPS) is 11.3. The molecule has 0 bridgehead atoms. The van der Waals surface area contributed by atoms with Crippen LogP contribution in [0.1, 0.15) is 19.4 Å². The number of nitrogens with one attached hydrogen (secondary N) is 1. The highest BCUT2D eigenvalue weighted by Gasteiger charge is 2.00. The lowest BCUT2D eigenvalue weighted by molar-refractivity contribution is 0.0807. The van der Waals surface area contributed by atoms with Crippen molar-refractivity contribution in [3.63, 3.8) is 0 Å². The molecule has 3 heteroatoms. The second kappa shape index (κ2) is 6.47. The lowest BCUT2D eigenvalue weighted by Gasteiger charge is -2.09. The summed E-state index contributed by atoms with van der Waals surface area (Å²) in [5.41, 5.74) is 1.23. The van der Waals surface area contributed by atoms with Crippen LogP contribution in [0.25, 0.3) is 10.8 Å². The van der Waals surface area contributed by atoms with E-state index in [2.05, 4.69) is 42.3 Å². The van der Waals surface area contributed by atoms with Crippen molar-refractivity contribution in [1.29, 1.82) is 0 Å². The van der Waals surface area contributed by atoms with Crippen LogP contribution in [0, 0.1) is 0 Å². The molecule has 0 atom stereocenters. The minimum absolute atomic E-state index is 0.297. The average molecular weight is 244 g/mol. The van der Waals surface area contributed by atoms with Gasteiger partial charge in [-0.25, -0.2) is 0 Å². The molecule has 0 fully saturated rings. The molecule has 1 aromatic carbocycles. The van der Waals surface area contributed by atoms with Gasteiger partial charge in [0.15, 0.2) is 0 Å². The van der Waals surface area contributed by atoms with Crippen molar-refractivity contribution in [3.05, 3.63) is 42.2 Å². The van der Waals surface area contributed by atoms with Gasteiger partial charge in [-0.15, -0.1) is 0 Å². The van der Waals surface area contributed by atoms with E-state index in [0.717, 1.165) is 19.7 Å². The molecule has 1 heterocycles. The molecule has 0 amide bonds. The van der Waals surface area contributed by atoms with Crippen molar-refractivity contribution in [3.8, 4) is 0 Å². The minimum Gasteiger partial charge on any atom is -0.377 e. The van der Waals surface area contributed by atoms with E-state index in [9.17, 15) is 0 Å². The van der Waals surface area contributed by atoms with Crippen molar-refractivity contribution >= 4 is 10.8 Å². The highest BCUT2D eigenvalue weighted by atomic mass is 16.5. The van der Waals surface area contributed by atoms with Crippen LogP contribution >= 0.6 is 0 Å². The monoisotopic (exact) mass is 244 g/mol. The summed E-state index contributed by atoms with van der Waals surface area (Å²) in [5.74, 6) is 0. The number of hydrogen-bond acceptors (Lipinski definition) is 3. The van der Waals surface area contributed by atoms with E-state index in [0.29, 0.717) is 6.10 Å². The number of ether oxygens (including phenoxy) is 1. The fourth-order valence-electron chi connectivity index (χ4n) is 1.91. The van der Waals surface area contributed by atoms with Crippen molar-refractivity contribution in [2.24, 2.45) is 0 Å². The summed E-state index contributed by atoms with van der Waals surface area (Å²) in [6.07, 6.45) is 4.13. The third kappa shape index (κ3) is 3.52. The smallest absolute Gasteiger partial charge is 0.0594 e. The van der Waals surface area contributed by atoms with Gasteiger partial charge in [0.05, 0.1) is 12.7 Å². The number of aromatic nitrogens is 1. The van der Waals surface area contributed by atoms with E-state index in [4.69, 9.17) is 4.74 Å². The topological polar surface area (TPSA) is 34.1 Å². The van der Waals surface area contributed by atoms with Crippen LogP contribution in [-0.2, 0) is 11.3 Å². The number of hydrogen-bond donors (Lipinski definition) is 1. The molecule has 0 unspecified atom stereocenters. The highest BCUT2D eigenvalue weighted by Crippen LogP contribution is 2.16. The van der Waals surface area contributed by atoms with Crippen molar-refractivity contribution < 1.29 is 4.74 Å². The van der Waals surface area contributed by atoms with Crippen LogP contribution in [-0.4, -0.2) is 24.2 Å². The van der Waals surface area contributed by atoms with Gasteiger partial charge in [-0.05, 0) is 24.8 Å². The predicted octanol–water partition coefficient (Wildman–Crippen LogP) is 2.75. The van der Waals surface area contributed by atoms with Crippen LogP contribution in [0.15, 0.2) is 36.7 Å². The second-order valence-electron chi connectivity index (χ2n) is 4.62. The highest BCUT2D eigenvalue weighted by molar-refractivity contribution is 5.84. The molecular weight excluding hydrogens is 224 g/mol. The summed E-state index contributed by atoms with van der Waals surface area (Å²) >= 11 is 0. The fourth-order valence-corrected chi connectivity index (χ4v) is 1.91. The summed E-state index contributed by atoms with van der Waals surface area (Å²) in [4.78, 5) is 4.27. The van der Waals surface area contributed by atoms with E-state index < -0.39 is 0 Å². The zero-order valence-electron chi connectivity index (χ0n) is 11.0. The van der Waals surface area contributed by atoms with Gasteiger partial charge in [-0.1, -0.05) is 24.3 Å². The molecule has 1 N–H and O–H groups in total. The number of nitrogens with zero attached hydrogens (tertiary/aromatic N) is 1. The lowest BCUT2D eigenvalue weighted by atomic mass is 10.1. The minimum atomic E-state index is 0.297. The Morgan fingerprint density at radius 3 is 2.89 bits per heavy atom. The summed E-state index contributed by atoms with van der Waals surface area (Å²) in [7, 11) is 0. The molecule has 2 aromatic rings. The third-order valence-corrected chi connectivity index (χ3v) is 2.80. The van der Waals surface area contributed by atoms with Crippen LogP contribution in [0.3, 0.4) is 0 Å². The molecule has 96 valence electrons. The molecule has 0 saturated carbocycles. The summed E-state index contributed by atoms with van der Waals surface area (Å²) in [6.45, 7) is 6.54. The van der Waals surface area contributed by atoms with Crippen LogP contribution < -0.4 is 5.32 Å². The van der Waals surface area contributed by atoms with E-state index >= 15 is 0 Å². The van der Waals surface area contributed by atoms with Gasteiger partial charge in [0.1, 0.15) is 0 Å². The summed E-state index contributed by atoms with van der Waals surface area (Å²) in [5, 5.41) is 5.84. The average Bonchev–Trinajstić information content (AvgIpc) is 2.38. The Morgan fingerprint density at radius 2 is 2.06 bits per heavy atom. The van der Waals surface area contributed by atoms with Gasteiger partial charge in [0, 0.05) is 30.9 Å². The quantitative estimate of drug-likeness (QED) is 0.793. The summed E-state index contributed by atoms with van der Waals surface area (Å²) < 4.78 is 5.49. The van der Waals surface area contributed by atoms with Gasteiger partial charge in [-0.2, -0.15) is 0 Å². The molecule has 0 radical (unpaired) electrons. The Labute approximate surface area is 108 Å². The Balaban J connectivity index is 1.91. The first kappa shape index (κ1) is 13.0. The fraction of sp³-hybridized carbons (Fsp3) is 0.400.